The van der Waals surface area contributed by atoms with Gasteiger partial charge in [-0.25, -0.2) is 8.42 Å². The highest BCUT2D eigenvalue weighted by molar-refractivity contribution is 7.91. The summed E-state index contributed by atoms with van der Waals surface area (Å²) in [5, 5.41) is 7.84. The van der Waals surface area contributed by atoms with Gasteiger partial charge < -0.3 is 10.6 Å². The van der Waals surface area contributed by atoms with Gasteiger partial charge in [0.2, 0.25) is 5.91 Å². The van der Waals surface area contributed by atoms with Crippen molar-refractivity contribution in [3.8, 4) is 0 Å². The summed E-state index contributed by atoms with van der Waals surface area (Å²) in [6, 6.07) is 2.41. The van der Waals surface area contributed by atoms with Gasteiger partial charge in [0.15, 0.2) is 0 Å². The number of hydrogen-bond acceptors (Lipinski definition) is 5. The molecule has 0 saturated carbocycles. The molecule has 1 aliphatic heterocycles. The molecule has 1 saturated heterocycles. The lowest BCUT2D eigenvalue weighted by atomic mass is 9.96. The molecule has 124 valence electrons. The fourth-order valence-corrected chi connectivity index (χ4v) is 4.70. The molecule has 8 heteroatoms. The topological polar surface area (TPSA) is 87.3 Å². The Balaban J connectivity index is 1.75. The molecule has 0 spiro atoms. The molecule has 1 aliphatic rings. The Labute approximate surface area is 135 Å². The van der Waals surface area contributed by atoms with Crippen LogP contribution in [-0.2, 0) is 14.8 Å². The van der Waals surface area contributed by atoms with Crippen molar-refractivity contribution in [3.05, 3.63) is 17.5 Å². The predicted octanol–water partition coefficient (Wildman–Crippen LogP) is 0.921. The summed E-state index contributed by atoms with van der Waals surface area (Å²) in [7, 11) is -3.61. The van der Waals surface area contributed by atoms with E-state index in [2.05, 4.69) is 15.4 Å². The van der Waals surface area contributed by atoms with E-state index in [1.54, 1.807) is 18.4 Å². The normalized spacial score (nSPS) is 20.5. The Morgan fingerprint density at radius 3 is 3.00 bits per heavy atom. The number of hydrogen-bond donors (Lipinski definition) is 3. The zero-order valence-corrected chi connectivity index (χ0v) is 14.3. The lowest BCUT2D eigenvalue weighted by Crippen LogP contribution is -2.45. The van der Waals surface area contributed by atoms with Crippen LogP contribution in [0.3, 0.4) is 0 Å². The second-order valence-corrected chi connectivity index (χ2v) is 8.46. The first kappa shape index (κ1) is 17.4. The molecule has 22 heavy (non-hydrogen) atoms. The molecule has 0 radical (unpaired) electrons. The van der Waals surface area contributed by atoms with Crippen LogP contribution in [0, 0.1) is 5.92 Å². The Morgan fingerprint density at radius 2 is 2.36 bits per heavy atom. The Kier molecular flexibility index (Phi) is 6.37. The molecule has 2 heterocycles. The van der Waals surface area contributed by atoms with E-state index in [1.807, 2.05) is 0 Å². The monoisotopic (exact) mass is 345 g/mol. The molecule has 2 rings (SSSR count). The van der Waals surface area contributed by atoms with Gasteiger partial charge in [-0.1, -0.05) is 6.07 Å². The standard InChI is InChI=1S/C14H23N3O3S2/c1-11(17-22(19,20)13-5-3-9-21-13)14(18)16-8-6-12-4-2-7-15-10-12/h3,5,9,11-12,15,17H,2,4,6-8,10H2,1H3,(H,16,18). The van der Waals surface area contributed by atoms with Gasteiger partial charge >= 0.3 is 0 Å². The third-order valence-corrected chi connectivity index (χ3v) is 6.67. The molecule has 0 aliphatic carbocycles. The molecule has 2 unspecified atom stereocenters. The van der Waals surface area contributed by atoms with Crippen LogP contribution in [-0.4, -0.2) is 40.0 Å². The zero-order valence-electron chi connectivity index (χ0n) is 12.7. The van der Waals surface area contributed by atoms with E-state index in [0.717, 1.165) is 30.8 Å². The second kappa shape index (κ2) is 8.05. The highest BCUT2D eigenvalue weighted by Gasteiger charge is 2.22. The highest BCUT2D eigenvalue weighted by atomic mass is 32.2. The van der Waals surface area contributed by atoms with E-state index in [4.69, 9.17) is 0 Å². The van der Waals surface area contributed by atoms with E-state index >= 15 is 0 Å². The van der Waals surface area contributed by atoms with E-state index in [-0.39, 0.29) is 10.1 Å². The lowest BCUT2D eigenvalue weighted by Gasteiger charge is -2.23. The number of carbonyl (C=O) groups is 1. The van der Waals surface area contributed by atoms with Gasteiger partial charge in [0.25, 0.3) is 10.0 Å². The minimum atomic E-state index is -3.61. The fourth-order valence-electron chi connectivity index (χ4n) is 2.48. The molecule has 0 bridgehead atoms. The van der Waals surface area contributed by atoms with Gasteiger partial charge in [-0.15, -0.1) is 11.3 Å². The maximum Gasteiger partial charge on any atom is 0.250 e. The number of carbonyl (C=O) groups excluding carboxylic acids is 1. The first-order valence-electron chi connectivity index (χ1n) is 7.53. The number of amides is 1. The van der Waals surface area contributed by atoms with Gasteiger partial charge in [-0.2, -0.15) is 4.72 Å². The van der Waals surface area contributed by atoms with Crippen molar-refractivity contribution >= 4 is 27.3 Å². The second-order valence-electron chi connectivity index (χ2n) is 5.57. The van der Waals surface area contributed by atoms with Gasteiger partial charge in [0, 0.05) is 6.54 Å². The van der Waals surface area contributed by atoms with Crippen molar-refractivity contribution in [2.75, 3.05) is 19.6 Å². The number of piperidine rings is 1. The summed E-state index contributed by atoms with van der Waals surface area (Å²) in [6.07, 6.45) is 3.28. The lowest BCUT2D eigenvalue weighted by molar-refractivity contribution is -0.122. The minimum absolute atomic E-state index is 0.223. The zero-order chi connectivity index (χ0) is 16.0. The van der Waals surface area contributed by atoms with Crippen molar-refractivity contribution < 1.29 is 13.2 Å². The maximum absolute atomic E-state index is 12.0. The van der Waals surface area contributed by atoms with Crippen molar-refractivity contribution in [1.82, 2.24) is 15.4 Å². The van der Waals surface area contributed by atoms with Crippen molar-refractivity contribution in [2.45, 2.75) is 36.4 Å². The molecule has 1 aromatic heterocycles. The third-order valence-electron chi connectivity index (χ3n) is 3.74. The molecule has 1 aromatic rings. The number of thiophene rings is 1. The highest BCUT2D eigenvalue weighted by Crippen LogP contribution is 2.16. The smallest absolute Gasteiger partial charge is 0.250 e. The summed E-state index contributed by atoms with van der Waals surface area (Å²) in [5.74, 6) is 0.302. The number of nitrogens with one attached hydrogen (secondary N) is 3. The van der Waals surface area contributed by atoms with Crippen LogP contribution in [0.2, 0.25) is 0 Å². The average molecular weight is 345 g/mol. The predicted molar refractivity (Wildman–Crippen MR) is 87.3 cm³/mol. The van der Waals surface area contributed by atoms with Gasteiger partial charge in [0.05, 0.1) is 6.04 Å². The van der Waals surface area contributed by atoms with E-state index in [1.165, 1.54) is 18.9 Å². The van der Waals surface area contributed by atoms with Crippen LogP contribution in [0.25, 0.3) is 0 Å². The van der Waals surface area contributed by atoms with Crippen LogP contribution in [0.15, 0.2) is 21.7 Å². The first-order chi connectivity index (χ1) is 10.5. The van der Waals surface area contributed by atoms with Crippen LogP contribution in [0.1, 0.15) is 26.2 Å². The van der Waals surface area contributed by atoms with E-state index in [0.29, 0.717) is 12.5 Å². The Morgan fingerprint density at radius 1 is 1.55 bits per heavy atom. The van der Waals surface area contributed by atoms with E-state index < -0.39 is 16.1 Å². The Hall–Kier alpha value is -0.960. The summed E-state index contributed by atoms with van der Waals surface area (Å²) in [5.41, 5.74) is 0. The van der Waals surface area contributed by atoms with Crippen LogP contribution < -0.4 is 15.4 Å². The van der Waals surface area contributed by atoms with Crippen molar-refractivity contribution in [1.29, 1.82) is 0 Å². The molecule has 1 fully saturated rings. The summed E-state index contributed by atoms with van der Waals surface area (Å²) in [6.45, 7) is 4.21. The number of rotatable bonds is 7. The third kappa shape index (κ3) is 5.05. The van der Waals surface area contributed by atoms with Crippen molar-refractivity contribution in [3.63, 3.8) is 0 Å². The maximum atomic E-state index is 12.0. The summed E-state index contributed by atoms with van der Waals surface area (Å²) >= 11 is 1.13. The van der Waals surface area contributed by atoms with Crippen LogP contribution in [0.5, 0.6) is 0 Å². The summed E-state index contributed by atoms with van der Waals surface area (Å²) in [4.78, 5) is 12.0. The summed E-state index contributed by atoms with van der Waals surface area (Å²) < 4.78 is 26.7. The molecule has 1 amide bonds. The van der Waals surface area contributed by atoms with Crippen LogP contribution in [0.4, 0.5) is 0 Å². The van der Waals surface area contributed by atoms with Gasteiger partial charge in [-0.3, -0.25) is 4.79 Å². The number of sulfonamides is 1. The van der Waals surface area contributed by atoms with Gasteiger partial charge in [0.1, 0.15) is 4.21 Å². The van der Waals surface area contributed by atoms with Crippen molar-refractivity contribution in [2.24, 2.45) is 5.92 Å². The molecule has 3 N–H and O–H groups in total. The molecule has 0 aromatic carbocycles. The van der Waals surface area contributed by atoms with Crippen LogP contribution >= 0.6 is 11.3 Å². The fraction of sp³-hybridized carbons (Fsp3) is 0.643. The Bertz CT molecular complexity index is 566. The SMILES string of the molecule is CC(NS(=O)(=O)c1cccs1)C(=O)NCCC1CCCNC1. The molecule has 6 nitrogen and oxygen atoms in total. The largest absolute Gasteiger partial charge is 0.355 e. The molecule has 2 atom stereocenters. The van der Waals surface area contributed by atoms with Gasteiger partial charge in [-0.05, 0) is 56.6 Å². The average Bonchev–Trinajstić information content (AvgIpc) is 3.03. The quantitative estimate of drug-likeness (QED) is 0.686. The minimum Gasteiger partial charge on any atom is -0.355 e. The van der Waals surface area contributed by atoms with E-state index in [9.17, 15) is 13.2 Å². The molecular formula is C14H23N3O3S2. The molecular weight excluding hydrogens is 322 g/mol. The first-order valence-corrected chi connectivity index (χ1v) is 9.89.